The van der Waals surface area contributed by atoms with Crippen molar-refractivity contribution in [1.82, 2.24) is 19.1 Å². The molecule has 2 aromatic carbocycles. The first-order chi connectivity index (χ1) is 18.3. The van der Waals surface area contributed by atoms with E-state index in [-0.39, 0.29) is 12.2 Å². The van der Waals surface area contributed by atoms with Crippen molar-refractivity contribution in [2.24, 2.45) is 9.74 Å². The first-order valence-corrected chi connectivity index (χ1v) is 15.0. The molecule has 0 spiro atoms. The Morgan fingerprint density at radius 1 is 1.08 bits per heavy atom. The summed E-state index contributed by atoms with van der Waals surface area (Å²) in [6.45, 7) is 7.93. The maximum atomic E-state index is 9.33. The van der Waals surface area contributed by atoms with Crippen LogP contribution in [0.5, 0.6) is 0 Å². The largest absolute Gasteiger partial charge is 0.373 e. The van der Waals surface area contributed by atoms with E-state index in [1.165, 1.54) is 0 Å². The van der Waals surface area contributed by atoms with Crippen LogP contribution in [0.3, 0.4) is 0 Å². The summed E-state index contributed by atoms with van der Waals surface area (Å²) < 4.78 is 18.2. The van der Waals surface area contributed by atoms with E-state index in [0.29, 0.717) is 41.8 Å². The number of benzene rings is 2. The average molecular weight is 570 g/mol. The molecule has 38 heavy (non-hydrogen) atoms. The topological polar surface area (TPSA) is 82.0 Å². The fourth-order valence-corrected chi connectivity index (χ4v) is 9.91. The molecule has 3 unspecified atom stereocenters. The van der Waals surface area contributed by atoms with Crippen molar-refractivity contribution < 1.29 is 4.74 Å². The number of nitrogens with zero attached hydrogens (tertiary/aromatic N) is 7. The summed E-state index contributed by atoms with van der Waals surface area (Å²) in [7, 11) is -0.773. The quantitative estimate of drug-likeness (QED) is 0.326. The normalized spacial score (nSPS) is 23.5. The molecule has 198 valence electrons. The van der Waals surface area contributed by atoms with E-state index < -0.39 is 7.36 Å². The van der Waals surface area contributed by atoms with E-state index in [0.717, 1.165) is 28.2 Å². The second-order valence-corrected chi connectivity index (χ2v) is 13.3. The first kappa shape index (κ1) is 26.9. The highest BCUT2D eigenvalue weighted by Gasteiger charge is 2.47. The van der Waals surface area contributed by atoms with Crippen molar-refractivity contribution in [2.45, 2.75) is 45.9 Å². The Kier molecular flexibility index (Phi) is 7.68. The highest BCUT2D eigenvalue weighted by molar-refractivity contribution is 7.70. The summed E-state index contributed by atoms with van der Waals surface area (Å²) in [5.74, 6) is 1.50. The number of aryl methyl sites for hydroxylation is 2. The molecule has 1 fully saturated rings. The van der Waals surface area contributed by atoms with Crippen molar-refractivity contribution >= 4 is 53.2 Å². The molecule has 0 saturated carbocycles. The molecule has 0 amide bonds. The van der Waals surface area contributed by atoms with Gasteiger partial charge >= 0.3 is 0 Å². The van der Waals surface area contributed by atoms with Gasteiger partial charge in [0.25, 0.3) is 0 Å². The van der Waals surface area contributed by atoms with Crippen molar-refractivity contribution in [3.63, 3.8) is 0 Å². The Bertz CT molecular complexity index is 1450. The number of halogens is 2. The molecule has 5 rings (SSSR count). The van der Waals surface area contributed by atoms with E-state index in [2.05, 4.69) is 29.3 Å². The minimum Gasteiger partial charge on any atom is -0.373 e. The number of nitriles is 1. The molecule has 0 radical (unpaired) electrons. The Hall–Kier alpha value is -2.66. The van der Waals surface area contributed by atoms with Gasteiger partial charge in [-0.3, -0.25) is 0 Å². The zero-order chi connectivity index (χ0) is 27.0. The van der Waals surface area contributed by atoms with Gasteiger partial charge in [0.1, 0.15) is 11.5 Å². The van der Waals surface area contributed by atoms with Crippen LogP contribution >= 0.6 is 30.6 Å². The number of aromatic nitrogens is 2. The minimum atomic E-state index is -2.82. The Balaban J connectivity index is 1.89. The highest BCUT2D eigenvalue weighted by Crippen LogP contribution is 2.63. The molecule has 3 atom stereocenters. The van der Waals surface area contributed by atoms with E-state index in [9.17, 15) is 5.26 Å². The van der Waals surface area contributed by atoms with Gasteiger partial charge in [0, 0.05) is 25.7 Å². The lowest BCUT2D eigenvalue weighted by atomic mass is 10.2. The minimum absolute atomic E-state index is 0.00243. The summed E-state index contributed by atoms with van der Waals surface area (Å²) in [5, 5.41) is 16.1. The zero-order valence-electron chi connectivity index (χ0n) is 21.8. The summed E-state index contributed by atoms with van der Waals surface area (Å²) in [6.07, 6.45) is 0.319. The van der Waals surface area contributed by atoms with Crippen molar-refractivity contribution in [2.75, 3.05) is 20.1 Å². The number of morpholine rings is 1. The third-order valence-corrected chi connectivity index (χ3v) is 11.1. The second-order valence-electron chi connectivity index (χ2n) is 9.58. The third-order valence-electron chi connectivity index (χ3n) is 6.75. The van der Waals surface area contributed by atoms with Crippen molar-refractivity contribution in [3.8, 4) is 6.07 Å². The number of rotatable bonds is 5. The van der Waals surface area contributed by atoms with Crippen LogP contribution in [0.15, 0.2) is 58.3 Å². The number of aliphatic imine (C=N–C) groups is 1. The molecule has 2 aliphatic heterocycles. The smallest absolute Gasteiger partial charge is 0.165 e. The van der Waals surface area contributed by atoms with Gasteiger partial charge in [-0.15, -0.1) is 0 Å². The van der Waals surface area contributed by atoms with Gasteiger partial charge in [-0.25, -0.2) is 19.1 Å². The number of hydrogen-bond donors (Lipinski definition) is 0. The average Bonchev–Trinajstić information content (AvgIpc) is 3.21. The molecule has 3 aromatic rings. The molecule has 1 saturated heterocycles. The predicted molar refractivity (Wildman–Crippen MR) is 154 cm³/mol. The van der Waals surface area contributed by atoms with Crippen molar-refractivity contribution in [1.29, 1.82) is 5.26 Å². The number of amidine groups is 1. The van der Waals surface area contributed by atoms with Gasteiger partial charge in [0.15, 0.2) is 13.2 Å². The SMILES string of the molecule is Cc1nn(CCC#N)c2c1P(=Nc1c(Cl)cccc1Cl)(N1CC(C)OC(C)C1)N(C)C(c1ccccc1)=N2. The molecular formula is C27H30Cl2N7OP. The molecule has 8 nitrogen and oxygen atoms in total. The van der Waals surface area contributed by atoms with E-state index >= 15 is 0 Å². The van der Waals surface area contributed by atoms with Crippen LogP contribution in [0.2, 0.25) is 10.0 Å². The summed E-state index contributed by atoms with van der Waals surface area (Å²) in [4.78, 5) is 5.16. The van der Waals surface area contributed by atoms with Crippen LogP contribution in [0.25, 0.3) is 0 Å². The maximum absolute atomic E-state index is 9.33. The highest BCUT2D eigenvalue weighted by atomic mass is 35.5. The molecule has 0 bridgehead atoms. The van der Waals surface area contributed by atoms with E-state index in [4.69, 9.17) is 42.8 Å². The molecule has 3 heterocycles. The molecule has 0 N–H and O–H groups in total. The zero-order valence-corrected chi connectivity index (χ0v) is 24.3. The molecule has 11 heteroatoms. The fraction of sp³-hybridized carbons (Fsp3) is 0.370. The van der Waals surface area contributed by atoms with Gasteiger partial charge < -0.3 is 9.41 Å². The van der Waals surface area contributed by atoms with Gasteiger partial charge in [-0.2, -0.15) is 10.4 Å². The van der Waals surface area contributed by atoms with Gasteiger partial charge in [-0.1, -0.05) is 59.6 Å². The Morgan fingerprint density at radius 2 is 1.74 bits per heavy atom. The van der Waals surface area contributed by atoms with Crippen LogP contribution in [0.1, 0.15) is 31.5 Å². The molecule has 1 aromatic heterocycles. The first-order valence-electron chi connectivity index (χ1n) is 12.6. The Morgan fingerprint density at radius 3 is 2.37 bits per heavy atom. The molecule has 2 aliphatic rings. The second kappa shape index (κ2) is 10.8. The summed E-state index contributed by atoms with van der Waals surface area (Å²) in [5.41, 5.74) is 2.34. The standard InChI is InChI=1S/C27H30Cl2N7OP/c1-18-16-35(17-19(2)37-18)38(33-24-22(28)12-8-13-23(24)29)25-20(3)32-36(15-9-14-30)27(25)31-26(34(38)4)21-10-6-5-7-11-21/h5-8,10-13,18-19H,9,15-17H2,1-4H3. The monoisotopic (exact) mass is 569 g/mol. The molecular weight excluding hydrogens is 540 g/mol. The fourth-order valence-electron chi connectivity index (χ4n) is 5.24. The van der Waals surface area contributed by atoms with Gasteiger partial charge in [-0.05, 0) is 32.9 Å². The predicted octanol–water partition coefficient (Wildman–Crippen LogP) is 6.53. The maximum Gasteiger partial charge on any atom is 0.165 e. The molecule has 0 aliphatic carbocycles. The Labute approximate surface area is 233 Å². The number of fused-ring (bicyclic) bond motifs is 1. The van der Waals surface area contributed by atoms with E-state index in [1.54, 1.807) is 0 Å². The van der Waals surface area contributed by atoms with Gasteiger partial charge in [0.05, 0.1) is 52.3 Å². The summed E-state index contributed by atoms with van der Waals surface area (Å²) >= 11 is 13.5. The van der Waals surface area contributed by atoms with E-state index in [1.807, 2.05) is 67.2 Å². The van der Waals surface area contributed by atoms with Crippen LogP contribution < -0.4 is 5.30 Å². The summed E-state index contributed by atoms with van der Waals surface area (Å²) in [6, 6.07) is 17.8. The number of ether oxygens (including phenoxy) is 1. The van der Waals surface area contributed by atoms with Crippen LogP contribution in [0.4, 0.5) is 11.5 Å². The van der Waals surface area contributed by atoms with Crippen LogP contribution in [0, 0.1) is 18.3 Å². The third kappa shape index (κ3) is 4.68. The lowest BCUT2D eigenvalue weighted by molar-refractivity contribution is -0.0442. The van der Waals surface area contributed by atoms with Crippen molar-refractivity contribution in [3.05, 3.63) is 69.8 Å². The van der Waals surface area contributed by atoms with Crippen LogP contribution in [-0.2, 0) is 11.3 Å². The van der Waals surface area contributed by atoms with Crippen LogP contribution in [-0.4, -0.2) is 57.3 Å². The van der Waals surface area contributed by atoms with Gasteiger partial charge in [0.2, 0.25) is 0 Å². The lowest BCUT2D eigenvalue weighted by Crippen LogP contribution is -2.50. The lowest BCUT2D eigenvalue weighted by Gasteiger charge is -2.49. The number of hydrogen-bond acceptors (Lipinski definition) is 5.